The van der Waals surface area contributed by atoms with E-state index in [0.717, 1.165) is 19.5 Å². The molecule has 14 heteroatoms. The Morgan fingerprint density at radius 1 is 0.744 bits per heavy atom. The van der Waals surface area contributed by atoms with Crippen molar-refractivity contribution >= 4 is 29.8 Å². The molecule has 2 atom stereocenters. The van der Waals surface area contributed by atoms with Crippen LogP contribution >= 0.6 is 0 Å². The summed E-state index contributed by atoms with van der Waals surface area (Å²) < 4.78 is 10.3. The molecule has 0 aliphatic rings. The molecule has 0 spiro atoms. The van der Waals surface area contributed by atoms with Crippen molar-refractivity contribution in [3.05, 3.63) is 0 Å². The van der Waals surface area contributed by atoms with E-state index in [0.29, 0.717) is 51.6 Å². The first-order valence-corrected chi connectivity index (χ1v) is 15.1. The van der Waals surface area contributed by atoms with Gasteiger partial charge in [0.2, 0.25) is 17.7 Å². The molecule has 0 aliphatic carbocycles. The molecule has 0 radical (unpaired) electrons. The monoisotopic (exact) mass is 615 g/mol. The van der Waals surface area contributed by atoms with Gasteiger partial charge in [0.05, 0.1) is 6.54 Å². The summed E-state index contributed by atoms with van der Waals surface area (Å²) in [7, 11) is 7.75. The Morgan fingerprint density at radius 3 is 1.88 bits per heavy atom. The predicted molar refractivity (Wildman–Crippen MR) is 165 cm³/mol. The van der Waals surface area contributed by atoms with Crippen molar-refractivity contribution in [3.63, 3.8) is 0 Å². The quantitative estimate of drug-likeness (QED) is 0.0841. The number of carbonyl (C=O) groups is 5. The van der Waals surface area contributed by atoms with Gasteiger partial charge in [0, 0.05) is 25.9 Å². The molecule has 250 valence electrons. The van der Waals surface area contributed by atoms with E-state index < -0.39 is 35.7 Å². The molecule has 0 aromatic heterocycles. The third-order valence-electron chi connectivity index (χ3n) is 5.97. The van der Waals surface area contributed by atoms with Crippen LogP contribution in [0.3, 0.4) is 0 Å². The second-order valence-electron chi connectivity index (χ2n) is 12.1. The van der Waals surface area contributed by atoms with Crippen molar-refractivity contribution in [2.75, 3.05) is 67.5 Å². The van der Waals surface area contributed by atoms with E-state index in [2.05, 4.69) is 21.3 Å². The van der Waals surface area contributed by atoms with Gasteiger partial charge in [-0.05, 0) is 101 Å². The van der Waals surface area contributed by atoms with E-state index in [1.165, 1.54) is 0 Å². The third kappa shape index (κ3) is 24.2. The normalized spacial score (nSPS) is 12.8. The highest BCUT2D eigenvalue weighted by atomic mass is 16.6. The minimum absolute atomic E-state index is 0.0464. The van der Waals surface area contributed by atoms with Crippen LogP contribution in [0.25, 0.3) is 0 Å². The first-order chi connectivity index (χ1) is 20.1. The lowest BCUT2D eigenvalue weighted by Gasteiger charge is -2.20. The smallest absolute Gasteiger partial charge is 0.407 e. The molecular formula is C29H57N7O7. The highest BCUT2D eigenvalue weighted by Gasteiger charge is 2.21. The average molecular weight is 616 g/mol. The maximum absolute atomic E-state index is 12.9. The number of nitrogens with two attached hydrogens (primary N) is 1. The zero-order valence-corrected chi connectivity index (χ0v) is 27.4. The molecular weight excluding hydrogens is 558 g/mol. The lowest BCUT2D eigenvalue weighted by Crippen LogP contribution is -2.48. The number of amides is 4. The fourth-order valence-electron chi connectivity index (χ4n) is 3.77. The number of esters is 1. The molecule has 14 nitrogen and oxygen atoms in total. The van der Waals surface area contributed by atoms with Crippen LogP contribution in [0.4, 0.5) is 4.79 Å². The number of alkyl carbamates (subject to hydrolysis) is 1. The Bertz CT molecular complexity index is 848. The maximum atomic E-state index is 12.9. The highest BCUT2D eigenvalue weighted by Crippen LogP contribution is 2.06. The number of hydrogen-bond acceptors (Lipinski definition) is 10. The standard InChI is InChI=1S/C29H57N7O7/c1-29(2,3)43-28(41)33-17-8-12-22(30)27(40)42-21-18-32-26(39)23(34-25(38)15-11-20-36(6)7)13-9-16-31-24(37)14-10-19-35(4)5/h22-23H,8-21,30H2,1-7H3,(H,31,37)(H,32,39)(H,33,41)(H,34,38). The largest absolute Gasteiger partial charge is 0.463 e. The van der Waals surface area contributed by atoms with Gasteiger partial charge in [0.15, 0.2) is 0 Å². The van der Waals surface area contributed by atoms with Crippen molar-refractivity contribution in [1.29, 1.82) is 0 Å². The summed E-state index contributed by atoms with van der Waals surface area (Å²) in [6.45, 7) is 7.53. The summed E-state index contributed by atoms with van der Waals surface area (Å²) in [4.78, 5) is 65.2. The zero-order chi connectivity index (χ0) is 32.8. The molecule has 43 heavy (non-hydrogen) atoms. The van der Waals surface area contributed by atoms with Gasteiger partial charge in [0.1, 0.15) is 24.3 Å². The van der Waals surface area contributed by atoms with Crippen molar-refractivity contribution in [2.24, 2.45) is 5.73 Å². The first-order valence-electron chi connectivity index (χ1n) is 15.1. The molecule has 0 bridgehead atoms. The number of hydrogen-bond donors (Lipinski definition) is 5. The second kappa shape index (κ2) is 22.6. The van der Waals surface area contributed by atoms with Crippen LogP contribution in [0.2, 0.25) is 0 Å². The van der Waals surface area contributed by atoms with E-state index in [1.807, 2.05) is 38.0 Å². The van der Waals surface area contributed by atoms with Crippen LogP contribution in [0.5, 0.6) is 0 Å². The van der Waals surface area contributed by atoms with Gasteiger partial charge < -0.3 is 46.3 Å². The maximum Gasteiger partial charge on any atom is 0.407 e. The van der Waals surface area contributed by atoms with Crippen molar-refractivity contribution < 1.29 is 33.4 Å². The van der Waals surface area contributed by atoms with Crippen LogP contribution < -0.4 is 27.0 Å². The molecule has 0 heterocycles. The summed E-state index contributed by atoms with van der Waals surface area (Å²) in [5.74, 6) is -1.28. The van der Waals surface area contributed by atoms with E-state index in [4.69, 9.17) is 15.2 Å². The molecule has 0 saturated heterocycles. The summed E-state index contributed by atoms with van der Waals surface area (Å²) in [5, 5.41) is 10.9. The van der Waals surface area contributed by atoms with E-state index in [1.54, 1.807) is 20.8 Å². The van der Waals surface area contributed by atoms with Crippen LogP contribution in [0.1, 0.15) is 72.1 Å². The Morgan fingerprint density at radius 2 is 1.30 bits per heavy atom. The number of carbonyl (C=O) groups excluding carboxylic acids is 5. The molecule has 0 saturated carbocycles. The molecule has 0 aliphatic heterocycles. The highest BCUT2D eigenvalue weighted by molar-refractivity contribution is 5.87. The minimum Gasteiger partial charge on any atom is -0.463 e. The predicted octanol–water partition coefficient (Wildman–Crippen LogP) is 0.343. The van der Waals surface area contributed by atoms with Crippen molar-refractivity contribution in [1.82, 2.24) is 31.1 Å². The molecule has 0 rings (SSSR count). The van der Waals surface area contributed by atoms with Crippen LogP contribution in [-0.2, 0) is 28.7 Å². The SMILES string of the molecule is CN(C)CCCC(=O)NCCCC(NC(=O)CCCN(C)C)C(=O)NCCOC(=O)C(N)CCCNC(=O)OC(C)(C)C. The Balaban J connectivity index is 4.55. The number of nitrogens with one attached hydrogen (secondary N) is 4. The summed E-state index contributed by atoms with van der Waals surface area (Å²) in [6, 6.07) is -1.66. The fourth-order valence-corrected chi connectivity index (χ4v) is 3.77. The summed E-state index contributed by atoms with van der Waals surface area (Å²) >= 11 is 0. The molecule has 0 aromatic rings. The Labute approximate surface area is 257 Å². The fraction of sp³-hybridized carbons (Fsp3) is 0.828. The van der Waals surface area contributed by atoms with E-state index in [-0.39, 0.29) is 31.4 Å². The van der Waals surface area contributed by atoms with Crippen LogP contribution in [0, 0.1) is 0 Å². The van der Waals surface area contributed by atoms with E-state index in [9.17, 15) is 24.0 Å². The summed E-state index contributed by atoms with van der Waals surface area (Å²) in [5.41, 5.74) is 5.28. The number of nitrogens with zero attached hydrogens (tertiary/aromatic N) is 2. The second-order valence-corrected chi connectivity index (χ2v) is 12.1. The Kier molecular flexibility index (Phi) is 21.0. The Hall–Kier alpha value is -2.97. The van der Waals surface area contributed by atoms with Gasteiger partial charge in [-0.3, -0.25) is 19.2 Å². The first kappa shape index (κ1) is 40.0. The zero-order valence-electron chi connectivity index (χ0n) is 27.4. The molecule has 4 amide bonds. The number of rotatable bonds is 22. The average Bonchev–Trinajstić information content (AvgIpc) is 2.88. The minimum atomic E-state index is -0.872. The lowest BCUT2D eigenvalue weighted by atomic mass is 10.1. The van der Waals surface area contributed by atoms with Crippen LogP contribution in [0.15, 0.2) is 0 Å². The van der Waals surface area contributed by atoms with Crippen molar-refractivity contribution in [2.45, 2.75) is 89.8 Å². The van der Waals surface area contributed by atoms with E-state index >= 15 is 0 Å². The molecule has 0 aromatic carbocycles. The van der Waals surface area contributed by atoms with Gasteiger partial charge in [-0.15, -0.1) is 0 Å². The molecule has 0 fully saturated rings. The van der Waals surface area contributed by atoms with Gasteiger partial charge in [-0.1, -0.05) is 0 Å². The van der Waals surface area contributed by atoms with Crippen LogP contribution in [-0.4, -0.2) is 125 Å². The summed E-state index contributed by atoms with van der Waals surface area (Å²) in [6.07, 6.45) is 3.18. The van der Waals surface area contributed by atoms with Gasteiger partial charge >= 0.3 is 12.1 Å². The van der Waals surface area contributed by atoms with Gasteiger partial charge in [-0.25, -0.2) is 4.79 Å². The van der Waals surface area contributed by atoms with Gasteiger partial charge in [-0.2, -0.15) is 0 Å². The lowest BCUT2D eigenvalue weighted by molar-refractivity contribution is -0.145. The van der Waals surface area contributed by atoms with Crippen molar-refractivity contribution in [3.8, 4) is 0 Å². The number of ether oxygens (including phenoxy) is 2. The van der Waals surface area contributed by atoms with Gasteiger partial charge in [0.25, 0.3) is 0 Å². The molecule has 6 N–H and O–H groups in total. The molecule has 2 unspecified atom stereocenters. The topological polar surface area (TPSA) is 184 Å². The third-order valence-corrected chi connectivity index (χ3v) is 5.97.